The van der Waals surface area contributed by atoms with Crippen molar-refractivity contribution in [2.75, 3.05) is 27.2 Å². The van der Waals surface area contributed by atoms with Gasteiger partial charge in [-0.1, -0.05) is 13.8 Å². The van der Waals surface area contributed by atoms with Gasteiger partial charge in [0, 0.05) is 19.6 Å². The maximum atomic E-state index is 12.1. The molecule has 1 heterocycles. The molecule has 116 valence electrons. The molecular formula is C14H27N3O3. The van der Waals surface area contributed by atoms with Gasteiger partial charge in [-0.2, -0.15) is 0 Å². The molecule has 1 saturated heterocycles. The first-order valence-corrected chi connectivity index (χ1v) is 7.26. The number of rotatable bonds is 6. The molecule has 2 amide bonds. The largest absolute Gasteiger partial charge is 0.480 e. The Morgan fingerprint density at radius 3 is 2.55 bits per heavy atom. The fourth-order valence-electron chi connectivity index (χ4n) is 2.56. The van der Waals surface area contributed by atoms with Crippen molar-refractivity contribution in [1.29, 1.82) is 0 Å². The lowest BCUT2D eigenvalue weighted by Gasteiger charge is -2.27. The maximum Gasteiger partial charge on any atom is 0.326 e. The number of aliphatic carboxylic acids is 1. The summed E-state index contributed by atoms with van der Waals surface area (Å²) in [6, 6.07) is -0.747. The molecule has 0 aromatic carbocycles. The Hall–Kier alpha value is -1.30. The van der Waals surface area contributed by atoms with Crippen LogP contribution in [0, 0.1) is 5.92 Å². The second-order valence-corrected chi connectivity index (χ2v) is 6.13. The molecule has 0 spiro atoms. The Kier molecular flexibility index (Phi) is 6.26. The summed E-state index contributed by atoms with van der Waals surface area (Å²) in [7, 11) is 3.78. The van der Waals surface area contributed by atoms with Crippen molar-refractivity contribution in [1.82, 2.24) is 15.1 Å². The minimum atomic E-state index is -0.974. The molecule has 2 atom stereocenters. The number of likely N-dealkylation sites (tertiary alicyclic amines) is 1. The number of urea groups is 1. The molecule has 1 rings (SSSR count). The van der Waals surface area contributed by atoms with Crippen molar-refractivity contribution in [3.05, 3.63) is 0 Å². The van der Waals surface area contributed by atoms with Gasteiger partial charge >= 0.3 is 12.0 Å². The van der Waals surface area contributed by atoms with E-state index in [0.717, 1.165) is 19.4 Å². The number of carbonyl (C=O) groups is 2. The van der Waals surface area contributed by atoms with Crippen molar-refractivity contribution in [3.63, 3.8) is 0 Å². The predicted molar refractivity (Wildman–Crippen MR) is 77.7 cm³/mol. The standard InChI is InChI=1S/C14H27N3O3/c1-10(2)8-12(13(18)19)15-14(20)17(4)9-11-6-5-7-16(11)3/h10-12H,5-9H2,1-4H3,(H,15,20)(H,18,19)/t11?,12-/m1/s1. The van der Waals surface area contributed by atoms with Gasteiger partial charge in [0.15, 0.2) is 0 Å². The van der Waals surface area contributed by atoms with Crippen molar-refractivity contribution >= 4 is 12.0 Å². The first-order chi connectivity index (χ1) is 9.31. The van der Waals surface area contributed by atoms with Crippen LogP contribution in [0.25, 0.3) is 0 Å². The zero-order chi connectivity index (χ0) is 15.3. The lowest BCUT2D eigenvalue weighted by atomic mass is 10.0. The van der Waals surface area contributed by atoms with Crippen molar-refractivity contribution in [2.24, 2.45) is 5.92 Å². The van der Waals surface area contributed by atoms with Crippen LogP contribution < -0.4 is 5.32 Å². The number of carbonyl (C=O) groups excluding carboxylic acids is 1. The molecule has 0 aromatic rings. The molecular weight excluding hydrogens is 258 g/mol. The first-order valence-electron chi connectivity index (χ1n) is 7.26. The van der Waals surface area contributed by atoms with Gasteiger partial charge in [0.2, 0.25) is 0 Å². The molecule has 0 saturated carbocycles. The lowest BCUT2D eigenvalue weighted by molar-refractivity contribution is -0.139. The lowest BCUT2D eigenvalue weighted by Crippen LogP contribution is -2.49. The SMILES string of the molecule is CC(C)C[C@@H](NC(=O)N(C)CC1CCCN1C)C(=O)O. The summed E-state index contributed by atoms with van der Waals surface area (Å²) in [5, 5.41) is 11.7. The molecule has 1 unspecified atom stereocenters. The fourth-order valence-corrected chi connectivity index (χ4v) is 2.56. The molecule has 6 nitrogen and oxygen atoms in total. The van der Waals surface area contributed by atoms with Crippen LogP contribution in [0.5, 0.6) is 0 Å². The van der Waals surface area contributed by atoms with E-state index >= 15 is 0 Å². The smallest absolute Gasteiger partial charge is 0.326 e. The van der Waals surface area contributed by atoms with Gasteiger partial charge < -0.3 is 20.2 Å². The van der Waals surface area contributed by atoms with Crippen LogP contribution in [-0.2, 0) is 4.79 Å². The first kappa shape index (κ1) is 16.8. The molecule has 1 aliphatic heterocycles. The van der Waals surface area contributed by atoms with Crippen LogP contribution in [0.3, 0.4) is 0 Å². The normalized spacial score (nSPS) is 20.9. The zero-order valence-electron chi connectivity index (χ0n) is 12.9. The second kappa shape index (κ2) is 7.47. The summed E-state index contributed by atoms with van der Waals surface area (Å²) in [5.74, 6) is -0.749. The molecule has 1 aliphatic rings. The summed E-state index contributed by atoms with van der Waals surface area (Å²) in [6.45, 7) is 5.58. The highest BCUT2D eigenvalue weighted by atomic mass is 16.4. The average Bonchev–Trinajstić information content (AvgIpc) is 2.73. The van der Waals surface area contributed by atoms with Gasteiger partial charge in [-0.05, 0) is 38.8 Å². The highest BCUT2D eigenvalue weighted by Crippen LogP contribution is 2.15. The van der Waals surface area contributed by atoms with Crippen LogP contribution in [-0.4, -0.2) is 66.2 Å². The molecule has 1 fully saturated rings. The van der Waals surface area contributed by atoms with E-state index in [9.17, 15) is 9.59 Å². The minimum Gasteiger partial charge on any atom is -0.480 e. The summed E-state index contributed by atoms with van der Waals surface area (Å²) in [5.41, 5.74) is 0. The van der Waals surface area contributed by atoms with Crippen molar-refractivity contribution < 1.29 is 14.7 Å². The van der Waals surface area contributed by atoms with E-state index in [-0.39, 0.29) is 11.9 Å². The molecule has 0 radical (unpaired) electrons. The maximum absolute atomic E-state index is 12.1. The summed E-state index contributed by atoms with van der Waals surface area (Å²) in [6.07, 6.45) is 2.68. The molecule has 0 aromatic heterocycles. The van der Waals surface area contributed by atoms with E-state index in [1.54, 1.807) is 11.9 Å². The summed E-state index contributed by atoms with van der Waals surface area (Å²) in [4.78, 5) is 27.0. The van der Waals surface area contributed by atoms with Crippen LogP contribution in [0.4, 0.5) is 4.79 Å². The third-order valence-corrected chi connectivity index (χ3v) is 3.81. The predicted octanol–water partition coefficient (Wildman–Crippen LogP) is 1.22. The Morgan fingerprint density at radius 1 is 1.45 bits per heavy atom. The summed E-state index contributed by atoms with van der Waals surface area (Å²) < 4.78 is 0. The number of nitrogens with one attached hydrogen (secondary N) is 1. The Morgan fingerprint density at radius 2 is 2.10 bits per heavy atom. The summed E-state index contributed by atoms with van der Waals surface area (Å²) >= 11 is 0. The van der Waals surface area contributed by atoms with Gasteiger partial charge in [0.05, 0.1) is 0 Å². The van der Waals surface area contributed by atoms with Gasteiger partial charge in [-0.15, -0.1) is 0 Å². The third kappa shape index (κ3) is 5.00. The van der Waals surface area contributed by atoms with Crippen LogP contribution in [0.15, 0.2) is 0 Å². The Bertz CT molecular complexity index is 347. The number of likely N-dealkylation sites (N-methyl/N-ethyl adjacent to an activating group) is 2. The molecule has 6 heteroatoms. The Balaban J connectivity index is 2.48. The number of nitrogens with zero attached hydrogens (tertiary/aromatic N) is 2. The molecule has 2 N–H and O–H groups in total. The van der Waals surface area contributed by atoms with E-state index in [1.807, 2.05) is 13.8 Å². The third-order valence-electron chi connectivity index (χ3n) is 3.81. The number of hydrogen-bond donors (Lipinski definition) is 2. The van der Waals surface area contributed by atoms with E-state index in [0.29, 0.717) is 19.0 Å². The van der Waals surface area contributed by atoms with Crippen molar-refractivity contribution in [3.8, 4) is 0 Å². The quantitative estimate of drug-likeness (QED) is 0.769. The highest BCUT2D eigenvalue weighted by molar-refractivity contribution is 5.82. The van der Waals surface area contributed by atoms with E-state index in [1.165, 1.54) is 0 Å². The number of amides is 2. The minimum absolute atomic E-state index is 0.225. The van der Waals surface area contributed by atoms with Gasteiger partial charge in [0.1, 0.15) is 6.04 Å². The molecule has 20 heavy (non-hydrogen) atoms. The van der Waals surface area contributed by atoms with Crippen molar-refractivity contribution in [2.45, 2.75) is 45.2 Å². The number of hydrogen-bond acceptors (Lipinski definition) is 3. The Labute approximate surface area is 121 Å². The number of carboxylic acids is 1. The van der Waals surface area contributed by atoms with E-state index < -0.39 is 12.0 Å². The number of carboxylic acid groups (broad SMARTS) is 1. The van der Waals surface area contributed by atoms with Crippen LogP contribution >= 0.6 is 0 Å². The van der Waals surface area contributed by atoms with Gasteiger partial charge in [0.25, 0.3) is 0 Å². The second-order valence-electron chi connectivity index (χ2n) is 6.13. The van der Waals surface area contributed by atoms with Gasteiger partial charge in [-0.3, -0.25) is 0 Å². The van der Waals surface area contributed by atoms with Crippen LogP contribution in [0.1, 0.15) is 33.1 Å². The fraction of sp³-hybridized carbons (Fsp3) is 0.857. The average molecular weight is 285 g/mol. The van der Waals surface area contributed by atoms with E-state index in [2.05, 4.69) is 17.3 Å². The van der Waals surface area contributed by atoms with Crippen LogP contribution in [0.2, 0.25) is 0 Å². The molecule has 0 bridgehead atoms. The monoisotopic (exact) mass is 285 g/mol. The van der Waals surface area contributed by atoms with E-state index in [4.69, 9.17) is 5.11 Å². The molecule has 0 aliphatic carbocycles. The topological polar surface area (TPSA) is 72.9 Å². The van der Waals surface area contributed by atoms with Gasteiger partial charge in [-0.25, -0.2) is 9.59 Å². The zero-order valence-corrected chi connectivity index (χ0v) is 12.9. The highest BCUT2D eigenvalue weighted by Gasteiger charge is 2.26.